The number of nitrogens with zero attached hydrogens (tertiary/aromatic N) is 3. The molecular formula is C24H25FN6O2S. The molecule has 1 atom stereocenters. The third-order valence-corrected chi connectivity index (χ3v) is 7.43. The predicted molar refractivity (Wildman–Crippen MR) is 130 cm³/mol. The zero-order valence-corrected chi connectivity index (χ0v) is 19.8. The molecule has 176 valence electrons. The summed E-state index contributed by atoms with van der Waals surface area (Å²) in [5.74, 6) is -0.496. The van der Waals surface area contributed by atoms with E-state index in [9.17, 15) is 10.1 Å². The molecule has 0 aliphatic carbocycles. The highest BCUT2D eigenvalue weighted by atomic mass is 32.1. The first kappa shape index (κ1) is 22.4. The molecule has 10 heteroatoms. The number of thiophene rings is 1. The Morgan fingerprint density at radius 1 is 1.38 bits per heavy atom. The lowest BCUT2D eigenvalue weighted by atomic mass is 9.97. The molecule has 1 amide bonds. The summed E-state index contributed by atoms with van der Waals surface area (Å²) in [5, 5.41) is 16.6. The number of hydrogen-bond donors (Lipinski definition) is 3. The highest BCUT2D eigenvalue weighted by Gasteiger charge is 2.30. The van der Waals surface area contributed by atoms with Crippen LogP contribution in [-0.2, 0) is 6.42 Å². The molecule has 1 saturated heterocycles. The number of pyridine rings is 1. The van der Waals surface area contributed by atoms with Crippen molar-refractivity contribution in [3.05, 3.63) is 45.2 Å². The highest BCUT2D eigenvalue weighted by Crippen LogP contribution is 2.37. The quantitative estimate of drug-likeness (QED) is 0.528. The molecule has 4 N–H and O–H groups in total. The summed E-state index contributed by atoms with van der Waals surface area (Å²) in [7, 11) is 0. The van der Waals surface area contributed by atoms with E-state index in [1.807, 2.05) is 30.9 Å². The number of carbonyl (C=O) groups excluding carboxylic acids is 1. The highest BCUT2D eigenvalue weighted by molar-refractivity contribution is 7.21. The van der Waals surface area contributed by atoms with E-state index in [2.05, 4.69) is 15.6 Å². The van der Waals surface area contributed by atoms with Gasteiger partial charge in [-0.2, -0.15) is 5.26 Å². The Balaban J connectivity index is 1.40. The molecule has 0 saturated carbocycles. The monoisotopic (exact) mass is 480 g/mol. The summed E-state index contributed by atoms with van der Waals surface area (Å²) >= 11 is 1.24. The molecule has 34 heavy (non-hydrogen) atoms. The van der Waals surface area contributed by atoms with Gasteiger partial charge in [0.1, 0.15) is 39.5 Å². The Labute approximate surface area is 200 Å². The molecule has 2 aliphatic heterocycles. The van der Waals surface area contributed by atoms with E-state index in [-0.39, 0.29) is 24.5 Å². The molecule has 0 unspecified atom stereocenters. The van der Waals surface area contributed by atoms with Gasteiger partial charge in [-0.05, 0) is 25.5 Å². The number of nitrogens with two attached hydrogens (primary N) is 1. The molecule has 5 rings (SSSR count). The zero-order chi connectivity index (χ0) is 24.0. The molecule has 3 aromatic rings. The van der Waals surface area contributed by atoms with Crippen molar-refractivity contribution < 1.29 is 13.9 Å². The van der Waals surface area contributed by atoms with E-state index in [4.69, 9.17) is 10.5 Å². The zero-order valence-electron chi connectivity index (χ0n) is 19.0. The van der Waals surface area contributed by atoms with Crippen LogP contribution in [0.1, 0.15) is 32.1 Å². The number of rotatable bonds is 3. The number of benzene rings is 1. The second-order valence-corrected chi connectivity index (χ2v) is 9.70. The molecule has 2 aromatic heterocycles. The number of nitrogen functional groups attached to an aromatic ring is 1. The van der Waals surface area contributed by atoms with Gasteiger partial charge >= 0.3 is 0 Å². The lowest BCUT2D eigenvalue weighted by Crippen LogP contribution is -2.44. The number of aryl methyl sites for hydroxylation is 2. The van der Waals surface area contributed by atoms with Crippen LogP contribution >= 0.6 is 11.3 Å². The van der Waals surface area contributed by atoms with Crippen molar-refractivity contribution >= 4 is 38.8 Å². The molecule has 8 nitrogen and oxygen atoms in total. The number of ether oxygens (including phenoxy) is 1. The summed E-state index contributed by atoms with van der Waals surface area (Å²) < 4.78 is 21.3. The number of piperazine rings is 1. The van der Waals surface area contributed by atoms with Crippen LogP contribution in [0, 0.1) is 31.0 Å². The average molecular weight is 481 g/mol. The van der Waals surface area contributed by atoms with Gasteiger partial charge in [-0.25, -0.2) is 9.37 Å². The fraction of sp³-hybridized carbons (Fsp3) is 0.375. The van der Waals surface area contributed by atoms with E-state index >= 15 is 4.39 Å². The van der Waals surface area contributed by atoms with Crippen LogP contribution in [0.3, 0.4) is 0 Å². The van der Waals surface area contributed by atoms with Crippen LogP contribution in [-0.4, -0.2) is 49.7 Å². The predicted octanol–water partition coefficient (Wildman–Crippen LogP) is 2.65. The first-order valence-corrected chi connectivity index (χ1v) is 12.0. The van der Waals surface area contributed by atoms with Gasteiger partial charge in [-0.15, -0.1) is 11.3 Å². The van der Waals surface area contributed by atoms with Crippen LogP contribution in [0.5, 0.6) is 5.75 Å². The van der Waals surface area contributed by atoms with Gasteiger partial charge in [0.25, 0.3) is 5.91 Å². The minimum atomic E-state index is -0.579. The van der Waals surface area contributed by atoms with E-state index in [1.165, 1.54) is 11.3 Å². The Morgan fingerprint density at radius 3 is 2.88 bits per heavy atom. The van der Waals surface area contributed by atoms with Gasteiger partial charge in [0.2, 0.25) is 0 Å². The summed E-state index contributed by atoms with van der Waals surface area (Å²) in [5.41, 5.74) is 9.41. The molecule has 0 bridgehead atoms. The van der Waals surface area contributed by atoms with Gasteiger partial charge in [0.05, 0.1) is 17.4 Å². The van der Waals surface area contributed by atoms with Crippen LogP contribution < -0.4 is 26.0 Å². The molecule has 0 spiro atoms. The SMILES string of the molecule is Cc1cc(C)c2c(N)c(C(=O)N[C@H]3COc4cc(N5CCNCC5)c(C#N)c(F)c4C3)sc2n1. The van der Waals surface area contributed by atoms with Crippen molar-refractivity contribution in [2.75, 3.05) is 43.4 Å². The van der Waals surface area contributed by atoms with Crippen LogP contribution in [0.15, 0.2) is 12.1 Å². The number of halogens is 1. The number of nitriles is 1. The van der Waals surface area contributed by atoms with Crippen molar-refractivity contribution in [2.45, 2.75) is 26.3 Å². The third-order valence-electron chi connectivity index (χ3n) is 6.33. The molecule has 1 fully saturated rings. The fourth-order valence-corrected chi connectivity index (χ4v) is 5.83. The Morgan fingerprint density at radius 2 is 2.15 bits per heavy atom. The summed E-state index contributed by atoms with van der Waals surface area (Å²) in [6.45, 7) is 6.97. The second kappa shape index (κ2) is 8.74. The Bertz CT molecular complexity index is 1340. The molecule has 4 heterocycles. The molecular weight excluding hydrogens is 455 g/mol. The summed E-state index contributed by atoms with van der Waals surface area (Å²) in [6.07, 6.45) is 0.227. The van der Waals surface area contributed by atoms with Crippen molar-refractivity contribution in [3.8, 4) is 11.8 Å². The number of hydrogen-bond acceptors (Lipinski definition) is 8. The smallest absolute Gasteiger partial charge is 0.263 e. The van der Waals surface area contributed by atoms with Gasteiger partial charge < -0.3 is 26.0 Å². The number of anilines is 2. The number of aromatic nitrogens is 1. The summed E-state index contributed by atoms with van der Waals surface area (Å²) in [6, 6.07) is 5.26. The number of fused-ring (bicyclic) bond motifs is 2. The number of nitrogens with one attached hydrogen (secondary N) is 2. The van der Waals surface area contributed by atoms with Crippen LogP contribution in [0.25, 0.3) is 10.2 Å². The first-order chi connectivity index (χ1) is 16.4. The largest absolute Gasteiger partial charge is 0.491 e. The minimum Gasteiger partial charge on any atom is -0.491 e. The molecule has 2 aliphatic rings. The van der Waals surface area contributed by atoms with Gasteiger partial charge in [0, 0.05) is 55.3 Å². The van der Waals surface area contributed by atoms with Crippen LogP contribution in [0.2, 0.25) is 0 Å². The average Bonchev–Trinajstić information content (AvgIpc) is 3.16. The van der Waals surface area contributed by atoms with Crippen molar-refractivity contribution in [2.24, 2.45) is 0 Å². The maximum atomic E-state index is 15.4. The maximum absolute atomic E-state index is 15.4. The van der Waals surface area contributed by atoms with Crippen molar-refractivity contribution in [3.63, 3.8) is 0 Å². The number of amides is 1. The lowest BCUT2D eigenvalue weighted by Gasteiger charge is -2.32. The Kier molecular flexibility index (Phi) is 5.75. The maximum Gasteiger partial charge on any atom is 0.263 e. The topological polar surface area (TPSA) is 116 Å². The second-order valence-electron chi connectivity index (χ2n) is 8.70. The van der Waals surface area contributed by atoms with Crippen molar-refractivity contribution in [1.29, 1.82) is 5.26 Å². The van der Waals surface area contributed by atoms with Gasteiger partial charge in [-0.1, -0.05) is 0 Å². The normalized spacial score (nSPS) is 17.7. The summed E-state index contributed by atoms with van der Waals surface area (Å²) in [4.78, 5) is 20.7. The van der Waals surface area contributed by atoms with E-state index in [0.717, 1.165) is 34.6 Å². The minimum absolute atomic E-state index is 0.0156. The van der Waals surface area contributed by atoms with Crippen LogP contribution in [0.4, 0.5) is 15.8 Å². The third kappa shape index (κ3) is 3.81. The van der Waals surface area contributed by atoms with Gasteiger partial charge in [0.15, 0.2) is 0 Å². The fourth-order valence-electron chi connectivity index (χ4n) is 4.71. The first-order valence-electron chi connectivity index (χ1n) is 11.2. The number of carbonyl (C=O) groups is 1. The lowest BCUT2D eigenvalue weighted by molar-refractivity contribution is 0.0919. The van der Waals surface area contributed by atoms with Gasteiger partial charge in [-0.3, -0.25) is 4.79 Å². The standard InChI is InChI=1S/C24H25FN6O2S/c1-12-7-13(2)29-24-19(12)21(27)22(34-24)23(32)30-14-8-15-18(33-11-14)9-17(16(10-26)20(15)25)31-5-3-28-4-6-31/h7,9,14,28H,3-6,8,11,27H2,1-2H3,(H,30,32)/t14-/m1/s1. The molecule has 1 aromatic carbocycles. The Hall–Kier alpha value is -3.42. The van der Waals surface area contributed by atoms with Crippen molar-refractivity contribution in [1.82, 2.24) is 15.6 Å². The van der Waals surface area contributed by atoms with E-state index in [0.29, 0.717) is 40.7 Å². The van der Waals surface area contributed by atoms with E-state index in [1.54, 1.807) is 6.07 Å². The van der Waals surface area contributed by atoms with E-state index < -0.39 is 11.9 Å². The molecule has 0 radical (unpaired) electrons.